The fourth-order valence-electron chi connectivity index (χ4n) is 1.70. The van der Waals surface area contributed by atoms with E-state index in [-0.39, 0.29) is 12.2 Å². The molecule has 0 saturated heterocycles. The summed E-state index contributed by atoms with van der Waals surface area (Å²) in [5.41, 5.74) is 1.06. The second-order valence-electron chi connectivity index (χ2n) is 4.33. The third-order valence-electron chi connectivity index (χ3n) is 2.83. The minimum atomic E-state index is -0.962. The molecule has 110 valence electrons. The van der Waals surface area contributed by atoms with Crippen LogP contribution in [-0.4, -0.2) is 29.4 Å². The highest BCUT2D eigenvalue weighted by atomic mass is 16.5. The molecule has 0 spiro atoms. The van der Waals surface area contributed by atoms with E-state index in [0.717, 1.165) is 5.56 Å². The van der Waals surface area contributed by atoms with Crippen molar-refractivity contribution in [3.8, 4) is 11.5 Å². The molecule has 5 heteroatoms. The number of aliphatic hydroxyl groups excluding tert-OH is 1. The zero-order chi connectivity index (χ0) is 15.1. The molecule has 0 aliphatic carbocycles. The number of hydrogen-bond acceptors (Lipinski definition) is 4. The Kier molecular flexibility index (Phi) is 5.17. The number of hydrogen-bond donors (Lipinski definition) is 2. The molecule has 0 atom stereocenters. The van der Waals surface area contributed by atoms with Gasteiger partial charge in [0.1, 0.15) is 24.7 Å². The zero-order valence-corrected chi connectivity index (χ0v) is 11.4. The number of ether oxygens (including phenoxy) is 2. The van der Waals surface area contributed by atoms with Crippen LogP contribution in [0.2, 0.25) is 0 Å². The summed E-state index contributed by atoms with van der Waals surface area (Å²) in [7, 11) is 0. The fraction of sp³-hybridized carbons (Fsp3) is 0.188. The van der Waals surface area contributed by atoms with Gasteiger partial charge in [-0.25, -0.2) is 4.79 Å². The summed E-state index contributed by atoms with van der Waals surface area (Å²) in [5.74, 6) is 0.340. The van der Waals surface area contributed by atoms with Gasteiger partial charge in [0.15, 0.2) is 0 Å². The van der Waals surface area contributed by atoms with E-state index < -0.39 is 5.97 Å². The van der Waals surface area contributed by atoms with E-state index in [9.17, 15) is 4.79 Å². The number of benzene rings is 2. The second-order valence-corrected chi connectivity index (χ2v) is 4.33. The smallest absolute Gasteiger partial charge is 0.335 e. The Labute approximate surface area is 122 Å². The highest BCUT2D eigenvalue weighted by Crippen LogP contribution is 2.14. The highest BCUT2D eigenvalue weighted by molar-refractivity contribution is 5.87. The Morgan fingerprint density at radius 3 is 1.76 bits per heavy atom. The van der Waals surface area contributed by atoms with Crippen molar-refractivity contribution in [1.29, 1.82) is 0 Å². The number of carboxylic acids is 1. The lowest BCUT2D eigenvalue weighted by Gasteiger charge is -2.09. The van der Waals surface area contributed by atoms with Gasteiger partial charge in [0, 0.05) is 0 Å². The van der Waals surface area contributed by atoms with Gasteiger partial charge >= 0.3 is 5.97 Å². The van der Waals surface area contributed by atoms with Crippen LogP contribution in [0, 0.1) is 0 Å². The van der Waals surface area contributed by atoms with E-state index in [4.69, 9.17) is 19.7 Å². The first kappa shape index (κ1) is 14.9. The van der Waals surface area contributed by atoms with Crippen molar-refractivity contribution < 1.29 is 24.5 Å². The zero-order valence-electron chi connectivity index (χ0n) is 11.4. The summed E-state index contributed by atoms with van der Waals surface area (Å²) in [6, 6.07) is 13.4. The molecule has 0 bridgehead atoms. The third kappa shape index (κ3) is 4.50. The first-order chi connectivity index (χ1) is 10.2. The molecule has 2 aromatic carbocycles. The molecule has 0 heterocycles. The molecular formula is C16H16O5. The lowest BCUT2D eigenvalue weighted by atomic mass is 10.2. The summed E-state index contributed by atoms with van der Waals surface area (Å²) in [6.45, 7) is 0.739. The van der Waals surface area contributed by atoms with E-state index in [0.29, 0.717) is 24.7 Å². The Morgan fingerprint density at radius 1 is 0.857 bits per heavy atom. The van der Waals surface area contributed by atoms with Crippen LogP contribution in [-0.2, 0) is 6.61 Å². The Hall–Kier alpha value is -2.53. The monoisotopic (exact) mass is 288 g/mol. The quantitative estimate of drug-likeness (QED) is 0.765. The van der Waals surface area contributed by atoms with Crippen LogP contribution in [0.5, 0.6) is 11.5 Å². The predicted octanol–water partition coefficient (Wildman–Crippen LogP) is 2.33. The van der Waals surface area contributed by atoms with Gasteiger partial charge < -0.3 is 19.7 Å². The van der Waals surface area contributed by atoms with Gasteiger partial charge in [-0.1, -0.05) is 12.1 Å². The van der Waals surface area contributed by atoms with Gasteiger partial charge in [-0.2, -0.15) is 0 Å². The molecule has 0 fully saturated rings. The first-order valence-corrected chi connectivity index (χ1v) is 6.48. The summed E-state index contributed by atoms with van der Waals surface area (Å²) in [5, 5.41) is 17.7. The molecule has 0 aliphatic heterocycles. The number of aliphatic hydroxyl groups is 1. The number of carbonyl (C=O) groups is 1. The SMILES string of the molecule is O=C(O)c1ccc(OCCOc2ccc(CO)cc2)cc1. The van der Waals surface area contributed by atoms with Gasteiger partial charge in [-0.3, -0.25) is 0 Å². The molecular weight excluding hydrogens is 272 g/mol. The predicted molar refractivity (Wildman–Crippen MR) is 76.8 cm³/mol. The number of carboxylic acid groups (broad SMARTS) is 1. The van der Waals surface area contributed by atoms with Crippen molar-refractivity contribution in [2.75, 3.05) is 13.2 Å². The normalized spacial score (nSPS) is 10.1. The molecule has 0 radical (unpaired) electrons. The van der Waals surface area contributed by atoms with E-state index in [2.05, 4.69) is 0 Å². The minimum Gasteiger partial charge on any atom is -0.490 e. The van der Waals surface area contributed by atoms with E-state index in [1.807, 2.05) is 0 Å². The molecule has 0 unspecified atom stereocenters. The average Bonchev–Trinajstić information content (AvgIpc) is 2.52. The standard InChI is InChI=1S/C16H16O5/c17-11-12-1-5-14(6-2-12)20-9-10-21-15-7-3-13(4-8-15)16(18)19/h1-8,17H,9-11H2,(H,18,19). The van der Waals surface area contributed by atoms with Gasteiger partial charge in [-0.15, -0.1) is 0 Å². The van der Waals surface area contributed by atoms with E-state index in [1.165, 1.54) is 12.1 Å². The molecule has 0 saturated carbocycles. The maximum atomic E-state index is 10.7. The molecule has 0 amide bonds. The lowest BCUT2D eigenvalue weighted by molar-refractivity contribution is 0.0697. The third-order valence-corrected chi connectivity index (χ3v) is 2.83. The van der Waals surface area contributed by atoms with Gasteiger partial charge in [0.25, 0.3) is 0 Å². The molecule has 2 aromatic rings. The van der Waals surface area contributed by atoms with Crippen molar-refractivity contribution in [2.45, 2.75) is 6.61 Å². The fourth-order valence-corrected chi connectivity index (χ4v) is 1.70. The van der Waals surface area contributed by atoms with E-state index in [1.54, 1.807) is 36.4 Å². The Balaban J connectivity index is 1.74. The summed E-state index contributed by atoms with van der Waals surface area (Å²) < 4.78 is 10.9. The molecule has 0 aliphatic rings. The van der Waals surface area contributed by atoms with Crippen molar-refractivity contribution in [3.05, 3.63) is 59.7 Å². The van der Waals surface area contributed by atoms with E-state index >= 15 is 0 Å². The largest absolute Gasteiger partial charge is 0.490 e. The maximum absolute atomic E-state index is 10.7. The highest BCUT2D eigenvalue weighted by Gasteiger charge is 2.02. The van der Waals surface area contributed by atoms with Gasteiger partial charge in [-0.05, 0) is 42.0 Å². The van der Waals surface area contributed by atoms with Crippen LogP contribution in [0.1, 0.15) is 15.9 Å². The van der Waals surface area contributed by atoms with Crippen molar-refractivity contribution in [2.24, 2.45) is 0 Å². The summed E-state index contributed by atoms with van der Waals surface area (Å²) in [6.07, 6.45) is 0. The Morgan fingerprint density at radius 2 is 1.33 bits per heavy atom. The van der Waals surface area contributed by atoms with Crippen molar-refractivity contribution >= 4 is 5.97 Å². The van der Waals surface area contributed by atoms with Gasteiger partial charge in [0.05, 0.1) is 12.2 Å². The molecule has 21 heavy (non-hydrogen) atoms. The Bertz CT molecular complexity index is 575. The van der Waals surface area contributed by atoms with Crippen LogP contribution in [0.3, 0.4) is 0 Å². The van der Waals surface area contributed by atoms with Crippen LogP contribution >= 0.6 is 0 Å². The summed E-state index contributed by atoms with van der Waals surface area (Å²) in [4.78, 5) is 10.7. The van der Waals surface area contributed by atoms with Crippen LogP contribution in [0.4, 0.5) is 0 Å². The lowest BCUT2D eigenvalue weighted by Crippen LogP contribution is -2.09. The molecule has 2 N–H and O–H groups in total. The topological polar surface area (TPSA) is 76.0 Å². The second kappa shape index (κ2) is 7.31. The minimum absolute atomic E-state index is 0.00965. The first-order valence-electron chi connectivity index (χ1n) is 6.48. The number of rotatable bonds is 7. The number of aromatic carboxylic acids is 1. The van der Waals surface area contributed by atoms with Crippen LogP contribution in [0.15, 0.2) is 48.5 Å². The molecule has 0 aromatic heterocycles. The molecule has 5 nitrogen and oxygen atoms in total. The van der Waals surface area contributed by atoms with Crippen molar-refractivity contribution in [1.82, 2.24) is 0 Å². The maximum Gasteiger partial charge on any atom is 0.335 e. The van der Waals surface area contributed by atoms with Gasteiger partial charge in [0.2, 0.25) is 0 Å². The van der Waals surface area contributed by atoms with Crippen LogP contribution in [0.25, 0.3) is 0 Å². The molecule has 2 rings (SSSR count). The average molecular weight is 288 g/mol. The van der Waals surface area contributed by atoms with Crippen LogP contribution < -0.4 is 9.47 Å². The summed E-state index contributed by atoms with van der Waals surface area (Å²) >= 11 is 0. The van der Waals surface area contributed by atoms with Crippen molar-refractivity contribution in [3.63, 3.8) is 0 Å².